The molecule has 2 atom stereocenters. The molecule has 1 saturated heterocycles. The van der Waals surface area contributed by atoms with Crippen molar-refractivity contribution in [3.05, 3.63) is 11.7 Å². The number of amides is 1. The highest BCUT2D eigenvalue weighted by Crippen LogP contribution is 2.29. The summed E-state index contributed by atoms with van der Waals surface area (Å²) in [5, 5.41) is 3.97. The van der Waals surface area contributed by atoms with Crippen LogP contribution >= 0.6 is 0 Å². The summed E-state index contributed by atoms with van der Waals surface area (Å²) in [6.45, 7) is 6.71. The third kappa shape index (κ3) is 5.25. The van der Waals surface area contributed by atoms with Crippen molar-refractivity contribution in [2.75, 3.05) is 26.7 Å². The van der Waals surface area contributed by atoms with Crippen molar-refractivity contribution in [1.82, 2.24) is 19.9 Å². The minimum absolute atomic E-state index is 0.137. The number of carbonyl (C=O) groups is 1. The maximum atomic E-state index is 12.6. The van der Waals surface area contributed by atoms with E-state index in [1.54, 1.807) is 6.92 Å². The molecule has 1 aliphatic carbocycles. The van der Waals surface area contributed by atoms with Crippen LogP contribution in [0.1, 0.15) is 50.7 Å². The molecule has 0 bridgehead atoms. The van der Waals surface area contributed by atoms with Crippen LogP contribution in [0.2, 0.25) is 0 Å². The maximum Gasteiger partial charge on any atom is 0.251 e. The van der Waals surface area contributed by atoms with Gasteiger partial charge < -0.3 is 14.2 Å². The van der Waals surface area contributed by atoms with Crippen molar-refractivity contribution >= 4 is 5.91 Å². The molecule has 7 nitrogen and oxygen atoms in total. The third-order valence-electron chi connectivity index (χ3n) is 5.22. The number of nitrogens with zero attached hydrogens (tertiary/aromatic N) is 4. The Morgan fingerprint density at radius 3 is 2.84 bits per heavy atom. The summed E-state index contributed by atoms with van der Waals surface area (Å²) >= 11 is 0. The van der Waals surface area contributed by atoms with Crippen LogP contribution < -0.4 is 0 Å². The van der Waals surface area contributed by atoms with Crippen molar-refractivity contribution in [3.63, 3.8) is 0 Å². The maximum absolute atomic E-state index is 12.6. The van der Waals surface area contributed by atoms with Gasteiger partial charge in [0, 0.05) is 26.1 Å². The van der Waals surface area contributed by atoms with Crippen LogP contribution in [-0.4, -0.2) is 64.7 Å². The van der Waals surface area contributed by atoms with Crippen LogP contribution in [0.5, 0.6) is 0 Å². The lowest BCUT2D eigenvalue weighted by Crippen LogP contribution is -2.40. The summed E-state index contributed by atoms with van der Waals surface area (Å²) in [6, 6.07) is 0.430. The van der Waals surface area contributed by atoms with E-state index in [1.165, 1.54) is 12.8 Å². The van der Waals surface area contributed by atoms with E-state index in [9.17, 15) is 4.79 Å². The molecule has 0 unspecified atom stereocenters. The molecule has 1 aromatic heterocycles. The average Bonchev–Trinajstić information content (AvgIpc) is 3.37. The summed E-state index contributed by atoms with van der Waals surface area (Å²) in [5.41, 5.74) is 0. The van der Waals surface area contributed by atoms with E-state index in [4.69, 9.17) is 9.26 Å². The first-order valence-corrected chi connectivity index (χ1v) is 9.42. The Morgan fingerprint density at radius 1 is 1.36 bits per heavy atom. The second kappa shape index (κ2) is 8.27. The fourth-order valence-corrected chi connectivity index (χ4v) is 3.39. The monoisotopic (exact) mass is 350 g/mol. The predicted octanol–water partition coefficient (Wildman–Crippen LogP) is 2.01. The molecular weight excluding hydrogens is 320 g/mol. The number of hydrogen-bond donors (Lipinski definition) is 0. The van der Waals surface area contributed by atoms with Gasteiger partial charge in [0.2, 0.25) is 5.89 Å². The van der Waals surface area contributed by atoms with Crippen LogP contribution in [0, 0.1) is 12.8 Å². The molecule has 3 rings (SSSR count). The normalized spacial score (nSPS) is 22.9. The first-order chi connectivity index (χ1) is 12.0. The van der Waals surface area contributed by atoms with Crippen LogP contribution in [0.4, 0.5) is 0 Å². The van der Waals surface area contributed by atoms with E-state index in [2.05, 4.69) is 22.1 Å². The number of ether oxygens (including phenoxy) is 1. The molecule has 1 aliphatic heterocycles. The molecule has 0 radical (unpaired) electrons. The van der Waals surface area contributed by atoms with Crippen molar-refractivity contribution < 1.29 is 14.1 Å². The fourth-order valence-electron chi connectivity index (χ4n) is 3.39. The Kier molecular flexibility index (Phi) is 6.06. The number of aromatic nitrogens is 2. The van der Waals surface area contributed by atoms with Gasteiger partial charge in [-0.2, -0.15) is 4.98 Å². The molecule has 1 saturated carbocycles. The first-order valence-electron chi connectivity index (χ1n) is 9.42. The number of rotatable bonds is 7. The highest BCUT2D eigenvalue weighted by Gasteiger charge is 2.28. The van der Waals surface area contributed by atoms with Crippen LogP contribution in [0.25, 0.3) is 0 Å². The standard InChI is InChI=1S/C18H30N4O3/c1-13(24-12-15-6-7-15)18(23)22-9-4-5-16(8-10-22)21(3)11-17-19-14(2)25-20-17/h13,15-16H,4-12H2,1-3H3/t13-,16+/m1/s1. The van der Waals surface area contributed by atoms with Crippen LogP contribution in [0.3, 0.4) is 0 Å². The van der Waals surface area contributed by atoms with Gasteiger partial charge in [0.15, 0.2) is 5.82 Å². The third-order valence-corrected chi connectivity index (χ3v) is 5.22. The fraction of sp³-hybridized carbons (Fsp3) is 0.833. The lowest BCUT2D eigenvalue weighted by atomic mass is 10.1. The van der Waals surface area contributed by atoms with E-state index in [0.717, 1.165) is 44.8 Å². The van der Waals surface area contributed by atoms with E-state index < -0.39 is 0 Å². The Labute approximate surface area is 149 Å². The Bertz CT molecular complexity index is 572. The van der Waals surface area contributed by atoms with Crippen molar-refractivity contribution in [1.29, 1.82) is 0 Å². The molecule has 1 aromatic rings. The average molecular weight is 350 g/mol. The second-order valence-corrected chi connectivity index (χ2v) is 7.47. The van der Waals surface area contributed by atoms with Crippen LogP contribution in [-0.2, 0) is 16.1 Å². The molecule has 1 amide bonds. The Balaban J connectivity index is 1.46. The van der Waals surface area contributed by atoms with Crippen molar-refractivity contribution in [2.24, 2.45) is 5.92 Å². The zero-order chi connectivity index (χ0) is 17.8. The summed E-state index contributed by atoms with van der Waals surface area (Å²) < 4.78 is 10.8. The summed E-state index contributed by atoms with van der Waals surface area (Å²) in [7, 11) is 2.09. The van der Waals surface area contributed by atoms with Crippen molar-refractivity contribution in [2.45, 2.75) is 64.6 Å². The summed E-state index contributed by atoms with van der Waals surface area (Å²) in [4.78, 5) is 21.1. The highest BCUT2D eigenvalue weighted by molar-refractivity contribution is 5.80. The Hall–Kier alpha value is -1.47. The zero-order valence-electron chi connectivity index (χ0n) is 15.6. The van der Waals surface area contributed by atoms with E-state index in [-0.39, 0.29) is 12.0 Å². The smallest absolute Gasteiger partial charge is 0.251 e. The molecule has 25 heavy (non-hydrogen) atoms. The molecule has 140 valence electrons. The lowest BCUT2D eigenvalue weighted by Gasteiger charge is -2.27. The first kappa shape index (κ1) is 18.3. The molecule has 0 aromatic carbocycles. The molecule has 2 aliphatic rings. The summed E-state index contributed by atoms with van der Waals surface area (Å²) in [6.07, 6.45) is 5.23. The van der Waals surface area contributed by atoms with Gasteiger partial charge in [0.05, 0.1) is 13.2 Å². The van der Waals surface area contributed by atoms with Gasteiger partial charge in [0.25, 0.3) is 5.91 Å². The molecule has 0 N–H and O–H groups in total. The van der Waals surface area contributed by atoms with Gasteiger partial charge in [0.1, 0.15) is 6.10 Å². The van der Waals surface area contributed by atoms with Gasteiger partial charge in [-0.15, -0.1) is 0 Å². The highest BCUT2D eigenvalue weighted by atomic mass is 16.5. The van der Waals surface area contributed by atoms with E-state index in [1.807, 2.05) is 11.8 Å². The van der Waals surface area contributed by atoms with Crippen LogP contribution in [0.15, 0.2) is 4.52 Å². The topological polar surface area (TPSA) is 71.7 Å². The lowest BCUT2D eigenvalue weighted by molar-refractivity contribution is -0.142. The zero-order valence-corrected chi connectivity index (χ0v) is 15.6. The minimum Gasteiger partial charge on any atom is -0.368 e. The second-order valence-electron chi connectivity index (χ2n) is 7.47. The van der Waals surface area contributed by atoms with Crippen molar-refractivity contribution in [3.8, 4) is 0 Å². The number of likely N-dealkylation sites (tertiary alicyclic amines) is 1. The molecular formula is C18H30N4O3. The predicted molar refractivity (Wildman–Crippen MR) is 92.9 cm³/mol. The number of hydrogen-bond acceptors (Lipinski definition) is 6. The van der Waals surface area contributed by atoms with Gasteiger partial charge >= 0.3 is 0 Å². The minimum atomic E-state index is -0.322. The largest absolute Gasteiger partial charge is 0.368 e. The molecule has 2 heterocycles. The summed E-state index contributed by atoms with van der Waals surface area (Å²) in [5.74, 6) is 2.14. The van der Waals surface area contributed by atoms with Gasteiger partial charge in [-0.3, -0.25) is 9.69 Å². The molecule has 7 heteroatoms. The Morgan fingerprint density at radius 2 is 2.16 bits per heavy atom. The van der Waals surface area contributed by atoms with Gasteiger partial charge in [-0.1, -0.05) is 5.16 Å². The molecule has 2 fully saturated rings. The van der Waals surface area contributed by atoms with Gasteiger partial charge in [-0.05, 0) is 52.0 Å². The van der Waals surface area contributed by atoms with E-state index in [0.29, 0.717) is 24.4 Å². The molecule has 0 spiro atoms. The SMILES string of the molecule is Cc1nc(CN(C)[C@H]2CCCN(C(=O)[C@@H](C)OCC3CC3)CC2)no1. The van der Waals surface area contributed by atoms with E-state index >= 15 is 0 Å². The number of carbonyl (C=O) groups excluding carboxylic acids is 1. The quantitative estimate of drug-likeness (QED) is 0.749. The van der Waals surface area contributed by atoms with Gasteiger partial charge in [-0.25, -0.2) is 0 Å². The number of aryl methyl sites for hydroxylation is 1.